The van der Waals surface area contributed by atoms with E-state index in [1.165, 1.54) is 12.1 Å². The number of benzene rings is 2. The molecule has 0 aliphatic carbocycles. The van der Waals surface area contributed by atoms with Gasteiger partial charge in [0.15, 0.2) is 11.6 Å². The molecule has 0 saturated carbocycles. The summed E-state index contributed by atoms with van der Waals surface area (Å²) in [5, 5.41) is 3.08. The predicted molar refractivity (Wildman–Crippen MR) is 79.0 cm³/mol. The lowest BCUT2D eigenvalue weighted by molar-refractivity contribution is 0.321. The molecule has 0 aromatic heterocycles. The van der Waals surface area contributed by atoms with Gasteiger partial charge in [-0.2, -0.15) is 0 Å². The number of nitrogens with one attached hydrogen (secondary N) is 1. The molecule has 0 heterocycles. The molecule has 2 rings (SSSR count). The molecule has 0 radical (unpaired) electrons. The van der Waals surface area contributed by atoms with Crippen molar-refractivity contribution in [3.05, 3.63) is 58.1 Å². The summed E-state index contributed by atoms with van der Waals surface area (Å²) in [5.74, 6) is -0.472. The van der Waals surface area contributed by atoms with E-state index in [2.05, 4.69) is 21.2 Å². The smallest absolute Gasteiger partial charge is 0.167 e. The molecule has 0 aliphatic rings. The Balaban J connectivity index is 2.03. The molecule has 1 N–H and O–H groups in total. The van der Waals surface area contributed by atoms with Gasteiger partial charge < -0.3 is 10.1 Å². The second kappa shape index (κ2) is 6.70. The molecule has 0 aliphatic heterocycles. The number of hydrogen-bond donors (Lipinski definition) is 1. The van der Waals surface area contributed by atoms with Gasteiger partial charge in [-0.05, 0) is 52.7 Å². The number of hydrogen-bond acceptors (Lipinski definition) is 2. The Labute approximate surface area is 124 Å². The molecule has 0 spiro atoms. The summed E-state index contributed by atoms with van der Waals surface area (Å²) < 4.78 is 32.3. The summed E-state index contributed by atoms with van der Waals surface area (Å²) in [6, 6.07) is 9.46. The number of rotatable bonds is 5. The van der Waals surface area contributed by atoms with Crippen molar-refractivity contribution in [3.8, 4) is 5.75 Å². The maximum Gasteiger partial charge on any atom is 0.167 e. The van der Waals surface area contributed by atoms with Gasteiger partial charge in [-0.25, -0.2) is 8.78 Å². The van der Waals surface area contributed by atoms with Crippen molar-refractivity contribution >= 4 is 21.6 Å². The zero-order valence-corrected chi connectivity index (χ0v) is 12.5. The Morgan fingerprint density at radius 2 is 1.90 bits per heavy atom. The van der Waals surface area contributed by atoms with Crippen molar-refractivity contribution < 1.29 is 13.5 Å². The first-order chi connectivity index (χ1) is 9.60. The van der Waals surface area contributed by atoms with Crippen LogP contribution in [-0.4, -0.2) is 6.61 Å². The van der Waals surface area contributed by atoms with Crippen LogP contribution in [0.1, 0.15) is 12.5 Å². The van der Waals surface area contributed by atoms with Crippen LogP contribution in [0.15, 0.2) is 40.9 Å². The SMILES string of the molecule is CCOc1ccc(NCc2ccc(F)c(Br)c2)cc1F. The van der Waals surface area contributed by atoms with Gasteiger partial charge in [-0.1, -0.05) is 6.07 Å². The van der Waals surface area contributed by atoms with Crippen LogP contribution in [0, 0.1) is 11.6 Å². The molecule has 0 saturated heterocycles. The van der Waals surface area contributed by atoms with E-state index in [9.17, 15) is 8.78 Å². The van der Waals surface area contributed by atoms with E-state index in [4.69, 9.17) is 4.74 Å². The minimum atomic E-state index is -0.405. The molecule has 2 aromatic rings. The van der Waals surface area contributed by atoms with Gasteiger partial charge in [0.1, 0.15) is 5.82 Å². The van der Waals surface area contributed by atoms with Crippen LogP contribution >= 0.6 is 15.9 Å². The van der Waals surface area contributed by atoms with E-state index in [1.54, 1.807) is 31.2 Å². The van der Waals surface area contributed by atoms with E-state index < -0.39 is 5.82 Å². The zero-order chi connectivity index (χ0) is 14.5. The van der Waals surface area contributed by atoms with E-state index in [0.717, 1.165) is 5.56 Å². The largest absolute Gasteiger partial charge is 0.491 e. The standard InChI is InChI=1S/C15H14BrF2NO/c1-2-20-15-6-4-11(8-14(15)18)19-9-10-3-5-13(17)12(16)7-10/h3-8,19H,2,9H2,1H3. The van der Waals surface area contributed by atoms with Crippen LogP contribution in [0.2, 0.25) is 0 Å². The number of ether oxygens (including phenoxy) is 1. The van der Waals surface area contributed by atoms with Crippen molar-refractivity contribution in [1.82, 2.24) is 0 Å². The Morgan fingerprint density at radius 1 is 1.10 bits per heavy atom. The molecule has 2 nitrogen and oxygen atoms in total. The lowest BCUT2D eigenvalue weighted by atomic mass is 10.2. The van der Waals surface area contributed by atoms with E-state index >= 15 is 0 Å². The normalized spacial score (nSPS) is 10.4. The fourth-order valence-corrected chi connectivity index (χ4v) is 2.16. The van der Waals surface area contributed by atoms with E-state index in [1.807, 2.05) is 0 Å². The second-order valence-corrected chi connectivity index (χ2v) is 5.03. The number of halogens is 3. The Kier molecular flexibility index (Phi) is 4.95. The molecular formula is C15H14BrF2NO. The predicted octanol–water partition coefficient (Wildman–Crippen LogP) is 4.74. The zero-order valence-electron chi connectivity index (χ0n) is 10.9. The monoisotopic (exact) mass is 341 g/mol. The fraction of sp³-hybridized carbons (Fsp3) is 0.200. The summed E-state index contributed by atoms with van der Waals surface area (Å²) in [6.45, 7) is 2.71. The molecule has 0 fully saturated rings. The maximum absolute atomic E-state index is 13.7. The molecular weight excluding hydrogens is 328 g/mol. The highest BCUT2D eigenvalue weighted by molar-refractivity contribution is 9.10. The third kappa shape index (κ3) is 3.70. The summed E-state index contributed by atoms with van der Waals surface area (Å²) in [7, 11) is 0. The van der Waals surface area contributed by atoms with Crippen LogP contribution in [0.3, 0.4) is 0 Å². The van der Waals surface area contributed by atoms with Crippen molar-refractivity contribution in [2.75, 3.05) is 11.9 Å². The minimum absolute atomic E-state index is 0.238. The van der Waals surface area contributed by atoms with E-state index in [-0.39, 0.29) is 11.6 Å². The first-order valence-corrected chi connectivity index (χ1v) is 6.99. The summed E-state index contributed by atoms with van der Waals surface area (Å²) in [5.41, 5.74) is 1.54. The molecule has 106 valence electrons. The van der Waals surface area contributed by atoms with Crippen molar-refractivity contribution in [1.29, 1.82) is 0 Å². The van der Waals surface area contributed by atoms with Crippen molar-refractivity contribution in [2.45, 2.75) is 13.5 Å². The van der Waals surface area contributed by atoms with Gasteiger partial charge in [0.05, 0.1) is 11.1 Å². The van der Waals surface area contributed by atoms with Crippen molar-refractivity contribution in [2.24, 2.45) is 0 Å². The van der Waals surface area contributed by atoms with E-state index in [0.29, 0.717) is 23.3 Å². The van der Waals surface area contributed by atoms with Gasteiger partial charge in [-0.3, -0.25) is 0 Å². The molecule has 0 unspecified atom stereocenters. The van der Waals surface area contributed by atoms with Crippen LogP contribution in [0.4, 0.5) is 14.5 Å². The Bertz CT molecular complexity index is 604. The van der Waals surface area contributed by atoms with Gasteiger partial charge in [0.25, 0.3) is 0 Å². The highest BCUT2D eigenvalue weighted by Gasteiger charge is 2.05. The number of anilines is 1. The average molecular weight is 342 g/mol. The van der Waals surface area contributed by atoms with Gasteiger partial charge in [0, 0.05) is 18.3 Å². The molecule has 20 heavy (non-hydrogen) atoms. The molecule has 0 atom stereocenters. The Morgan fingerprint density at radius 3 is 2.55 bits per heavy atom. The molecule has 0 bridgehead atoms. The van der Waals surface area contributed by atoms with Crippen LogP contribution in [-0.2, 0) is 6.54 Å². The average Bonchev–Trinajstić information content (AvgIpc) is 2.43. The van der Waals surface area contributed by atoms with Crippen molar-refractivity contribution in [3.63, 3.8) is 0 Å². The van der Waals surface area contributed by atoms with Gasteiger partial charge in [-0.15, -0.1) is 0 Å². The Hall–Kier alpha value is -1.62. The molecule has 5 heteroatoms. The third-order valence-corrected chi connectivity index (χ3v) is 3.32. The lowest BCUT2D eigenvalue weighted by Crippen LogP contribution is -2.01. The van der Waals surface area contributed by atoms with Gasteiger partial charge >= 0.3 is 0 Å². The minimum Gasteiger partial charge on any atom is -0.491 e. The van der Waals surface area contributed by atoms with Crippen LogP contribution < -0.4 is 10.1 Å². The first-order valence-electron chi connectivity index (χ1n) is 6.20. The summed E-state index contributed by atoms with van der Waals surface area (Å²) in [4.78, 5) is 0. The highest BCUT2D eigenvalue weighted by Crippen LogP contribution is 2.22. The topological polar surface area (TPSA) is 21.3 Å². The van der Waals surface area contributed by atoms with Crippen LogP contribution in [0.25, 0.3) is 0 Å². The first kappa shape index (κ1) is 14.8. The third-order valence-electron chi connectivity index (χ3n) is 2.71. The maximum atomic E-state index is 13.7. The summed E-state index contributed by atoms with van der Waals surface area (Å²) in [6.07, 6.45) is 0. The quantitative estimate of drug-likeness (QED) is 0.848. The lowest BCUT2D eigenvalue weighted by Gasteiger charge is -2.09. The van der Waals surface area contributed by atoms with Gasteiger partial charge in [0.2, 0.25) is 0 Å². The molecule has 0 amide bonds. The second-order valence-electron chi connectivity index (χ2n) is 4.18. The van der Waals surface area contributed by atoms with Crippen LogP contribution in [0.5, 0.6) is 5.75 Å². The highest BCUT2D eigenvalue weighted by atomic mass is 79.9. The molecule has 2 aromatic carbocycles. The fourth-order valence-electron chi connectivity index (χ4n) is 1.74. The summed E-state index contributed by atoms with van der Waals surface area (Å²) >= 11 is 3.13.